The highest BCUT2D eigenvalue weighted by Gasteiger charge is 2.50. The average Bonchev–Trinajstić information content (AvgIpc) is 3.32. The van der Waals surface area contributed by atoms with Crippen LogP contribution in [-0.4, -0.2) is 63.0 Å². The Kier molecular flexibility index (Phi) is 5.64. The summed E-state index contributed by atoms with van der Waals surface area (Å²) in [6.45, 7) is 8.93. The largest absolute Gasteiger partial charge is 0.519 e. The van der Waals surface area contributed by atoms with Crippen molar-refractivity contribution >= 4 is 17.5 Å². The molecule has 2 aromatic rings. The van der Waals surface area contributed by atoms with E-state index in [-0.39, 0.29) is 42.3 Å². The first kappa shape index (κ1) is 21.8. The third-order valence-corrected chi connectivity index (χ3v) is 5.20. The minimum atomic E-state index is -1.37. The van der Waals surface area contributed by atoms with Crippen molar-refractivity contribution in [2.45, 2.75) is 38.1 Å². The number of nitrogen functional groups attached to an aromatic ring is 1. The highest BCUT2D eigenvalue weighted by molar-refractivity contribution is 5.84. The summed E-state index contributed by atoms with van der Waals surface area (Å²) in [7, 11) is 0. The van der Waals surface area contributed by atoms with Gasteiger partial charge >= 0.3 is 5.82 Å². The minimum Gasteiger partial charge on any atom is -0.468 e. The van der Waals surface area contributed by atoms with Crippen LogP contribution in [0.15, 0.2) is 38.7 Å². The number of hydrogen-bond acceptors (Lipinski definition) is 13. The van der Waals surface area contributed by atoms with Gasteiger partial charge in [0.1, 0.15) is 29.8 Å². The van der Waals surface area contributed by atoms with Crippen molar-refractivity contribution in [1.29, 1.82) is 0 Å². The van der Waals surface area contributed by atoms with E-state index in [9.17, 15) is 20.1 Å². The van der Waals surface area contributed by atoms with Crippen LogP contribution in [-0.2, 0) is 11.3 Å². The van der Waals surface area contributed by atoms with Crippen LogP contribution in [0, 0.1) is 6.92 Å². The maximum absolute atomic E-state index is 11.3. The number of nitrogens with zero attached hydrogens (tertiary/aromatic N) is 4. The number of aliphatic hydroxyl groups excluding tert-OH is 3. The summed E-state index contributed by atoms with van der Waals surface area (Å²) in [5.41, 5.74) is 6.25. The Balaban J connectivity index is 1.74. The molecule has 1 saturated heterocycles. The van der Waals surface area contributed by atoms with Crippen LogP contribution in [0.2, 0.25) is 0 Å². The monoisotopic (exact) mass is 449 g/mol. The van der Waals surface area contributed by atoms with E-state index in [1.54, 1.807) is 17.9 Å². The molecule has 172 valence electrons. The molecule has 4 atom stereocenters. The predicted molar refractivity (Wildman–Crippen MR) is 110 cm³/mol. The van der Waals surface area contributed by atoms with Gasteiger partial charge < -0.3 is 44.3 Å². The smallest absolute Gasteiger partial charge is 0.468 e. The lowest BCUT2D eigenvalue weighted by Crippen LogP contribution is -2.44. The summed E-state index contributed by atoms with van der Waals surface area (Å²) in [5.74, 6) is 0.0143. The molecule has 4 rings (SSSR count). The minimum absolute atomic E-state index is 0.0491. The van der Waals surface area contributed by atoms with Gasteiger partial charge in [0.25, 0.3) is 0 Å². The van der Waals surface area contributed by atoms with Gasteiger partial charge in [-0.05, 0) is 6.92 Å². The van der Waals surface area contributed by atoms with Crippen LogP contribution in [0.25, 0.3) is 0 Å². The number of hydrogen-bond donors (Lipinski definition) is 4. The van der Waals surface area contributed by atoms with Gasteiger partial charge in [-0.2, -0.15) is 9.97 Å². The van der Waals surface area contributed by atoms with Crippen LogP contribution >= 0.6 is 0 Å². The molecule has 0 aromatic carbocycles. The molecular weight excluding hydrogens is 426 g/mol. The van der Waals surface area contributed by atoms with Gasteiger partial charge in [0.15, 0.2) is 30.2 Å². The van der Waals surface area contributed by atoms with Gasteiger partial charge in [-0.25, -0.2) is 4.79 Å². The van der Waals surface area contributed by atoms with Gasteiger partial charge in [0.05, 0.1) is 6.61 Å². The Hall–Kier alpha value is -3.39. The first-order chi connectivity index (χ1) is 15.3. The van der Waals surface area contributed by atoms with Crippen LogP contribution in [0.4, 0.5) is 17.5 Å². The lowest BCUT2D eigenvalue weighted by molar-refractivity contribution is -0.0207. The van der Waals surface area contributed by atoms with Gasteiger partial charge in [-0.3, -0.25) is 4.90 Å². The second kappa shape index (κ2) is 8.27. The molecular formula is C19H23N5O8. The van der Waals surface area contributed by atoms with Crippen molar-refractivity contribution in [1.82, 2.24) is 9.97 Å². The molecule has 0 bridgehead atoms. The van der Waals surface area contributed by atoms with Crippen molar-refractivity contribution < 1.29 is 33.6 Å². The quantitative estimate of drug-likeness (QED) is 0.387. The molecule has 13 heteroatoms. The SMILES string of the molecule is C=CCN1C(=C)N([C@@H]2O[C@H](CO)[C@@H](O)[C@H]2O)c2nc(N)nc(OCc3oc(=O)oc3C)c21. The summed E-state index contributed by atoms with van der Waals surface area (Å²) in [5, 5.41) is 30.2. The van der Waals surface area contributed by atoms with Crippen molar-refractivity contribution in [2.75, 3.05) is 28.7 Å². The van der Waals surface area contributed by atoms with E-state index in [0.29, 0.717) is 11.5 Å². The Labute approximate surface area is 181 Å². The lowest BCUT2D eigenvalue weighted by atomic mass is 10.1. The van der Waals surface area contributed by atoms with Gasteiger partial charge in [-0.1, -0.05) is 12.7 Å². The number of anilines is 3. The molecule has 32 heavy (non-hydrogen) atoms. The molecule has 2 aliphatic heterocycles. The topological polar surface area (TPSA) is 181 Å². The number of aromatic nitrogens is 2. The van der Waals surface area contributed by atoms with E-state index in [0.717, 1.165) is 0 Å². The van der Waals surface area contributed by atoms with E-state index < -0.39 is 37.0 Å². The predicted octanol–water partition coefficient (Wildman–Crippen LogP) is -0.785. The number of nitrogens with two attached hydrogens (primary N) is 1. The fourth-order valence-electron chi connectivity index (χ4n) is 3.65. The van der Waals surface area contributed by atoms with Crippen LogP contribution < -0.4 is 26.1 Å². The maximum Gasteiger partial charge on any atom is 0.519 e. The molecule has 0 aliphatic carbocycles. The number of aliphatic hydroxyl groups is 3. The van der Waals surface area contributed by atoms with Crippen molar-refractivity contribution in [3.63, 3.8) is 0 Å². The molecule has 13 nitrogen and oxygen atoms in total. The van der Waals surface area contributed by atoms with Crippen LogP contribution in [0.1, 0.15) is 11.5 Å². The second-order valence-corrected chi connectivity index (χ2v) is 7.20. The van der Waals surface area contributed by atoms with Gasteiger partial charge in [0, 0.05) is 6.54 Å². The van der Waals surface area contributed by atoms with E-state index >= 15 is 0 Å². The molecule has 0 unspecified atom stereocenters. The molecule has 1 fully saturated rings. The molecule has 0 saturated carbocycles. The van der Waals surface area contributed by atoms with Crippen LogP contribution in [0.5, 0.6) is 5.88 Å². The van der Waals surface area contributed by atoms with Crippen molar-refractivity contribution in [3.05, 3.63) is 47.2 Å². The third-order valence-electron chi connectivity index (χ3n) is 5.20. The van der Waals surface area contributed by atoms with Crippen molar-refractivity contribution in [2.24, 2.45) is 0 Å². The molecule has 2 aromatic heterocycles. The fraction of sp³-hybridized carbons (Fsp3) is 0.421. The fourth-order valence-corrected chi connectivity index (χ4v) is 3.65. The average molecular weight is 449 g/mol. The molecule has 0 radical (unpaired) electrons. The molecule has 0 amide bonds. The zero-order valence-corrected chi connectivity index (χ0v) is 17.2. The van der Waals surface area contributed by atoms with Gasteiger partial charge in [-0.15, -0.1) is 6.58 Å². The second-order valence-electron chi connectivity index (χ2n) is 7.20. The van der Waals surface area contributed by atoms with Crippen molar-refractivity contribution in [3.8, 4) is 5.88 Å². The Morgan fingerprint density at radius 2 is 2.03 bits per heavy atom. The standard InChI is InChI=1S/C19H23N5O8/c1-4-5-23-9(3)24(17-14(27)13(26)10(6-25)31-17)15-12(23)16(22-18(20)21-15)29-7-11-8(2)30-19(28)32-11/h4,10,13-14,17,25-27H,1,3,5-7H2,2H3,(H2,20,21,22)/t10-,13-,14-,17-/m1/s1. The molecule has 0 spiro atoms. The summed E-state index contributed by atoms with van der Waals surface area (Å²) < 4.78 is 21.2. The van der Waals surface area contributed by atoms with E-state index in [2.05, 4.69) is 23.1 Å². The van der Waals surface area contributed by atoms with Gasteiger partial charge in [0.2, 0.25) is 11.8 Å². The summed E-state index contributed by atoms with van der Waals surface area (Å²) in [6, 6.07) is 0. The highest BCUT2D eigenvalue weighted by Crippen LogP contribution is 2.48. The number of fused-ring (bicyclic) bond motifs is 1. The Morgan fingerprint density at radius 3 is 2.62 bits per heavy atom. The number of ether oxygens (including phenoxy) is 2. The third kappa shape index (κ3) is 3.50. The lowest BCUT2D eigenvalue weighted by Gasteiger charge is -2.29. The summed E-state index contributed by atoms with van der Waals surface area (Å²) in [6.07, 6.45) is -3.20. The zero-order chi connectivity index (χ0) is 23.2. The molecule has 2 aliphatic rings. The number of rotatable bonds is 7. The van der Waals surface area contributed by atoms with E-state index in [1.807, 2.05) is 0 Å². The van der Waals surface area contributed by atoms with E-state index in [4.69, 9.17) is 24.0 Å². The Bertz CT molecular complexity index is 1100. The summed E-state index contributed by atoms with van der Waals surface area (Å²) >= 11 is 0. The first-order valence-electron chi connectivity index (χ1n) is 9.65. The maximum atomic E-state index is 11.3. The van der Waals surface area contributed by atoms with Crippen LogP contribution in [0.3, 0.4) is 0 Å². The van der Waals surface area contributed by atoms with E-state index in [1.165, 1.54) is 4.90 Å². The highest BCUT2D eigenvalue weighted by atomic mass is 16.6. The number of aryl methyl sites for hydroxylation is 1. The summed E-state index contributed by atoms with van der Waals surface area (Å²) in [4.78, 5) is 22.8. The molecule has 4 heterocycles. The Morgan fingerprint density at radius 1 is 1.28 bits per heavy atom. The zero-order valence-electron chi connectivity index (χ0n) is 17.2. The normalized spacial score (nSPS) is 24.8. The first-order valence-corrected chi connectivity index (χ1v) is 9.65. The molecule has 5 N–H and O–H groups in total.